The van der Waals surface area contributed by atoms with E-state index in [-0.39, 0.29) is 12.0 Å². The fourth-order valence-electron chi connectivity index (χ4n) is 2.83. The molecule has 1 nitrogen and oxygen atoms in total. The van der Waals surface area contributed by atoms with Crippen molar-refractivity contribution >= 4 is 0 Å². The van der Waals surface area contributed by atoms with Crippen LogP contribution in [0.2, 0.25) is 0 Å². The minimum Gasteiger partial charge on any atom is -0.312 e. The molecule has 2 rings (SSSR count). The van der Waals surface area contributed by atoms with Gasteiger partial charge in [-0.05, 0) is 42.0 Å². The van der Waals surface area contributed by atoms with Gasteiger partial charge in [0.15, 0.2) is 0 Å². The van der Waals surface area contributed by atoms with Crippen molar-refractivity contribution in [2.75, 3.05) is 6.54 Å². The van der Waals surface area contributed by atoms with Gasteiger partial charge >= 0.3 is 6.18 Å². The van der Waals surface area contributed by atoms with Crippen LogP contribution >= 0.6 is 0 Å². The fourth-order valence-corrected chi connectivity index (χ4v) is 2.83. The summed E-state index contributed by atoms with van der Waals surface area (Å²) in [5.74, 6) is -0.844. The van der Waals surface area contributed by atoms with Crippen LogP contribution in [0.25, 0.3) is 0 Å². The zero-order chi connectivity index (χ0) is 14.8. The molecule has 0 heterocycles. The van der Waals surface area contributed by atoms with E-state index in [4.69, 9.17) is 0 Å². The molecule has 0 bridgehead atoms. The molecule has 0 atom stereocenters. The maximum atomic E-state index is 13.2. The Labute approximate surface area is 116 Å². The molecule has 1 saturated carbocycles. The van der Waals surface area contributed by atoms with Crippen molar-refractivity contribution in [3.63, 3.8) is 0 Å². The summed E-state index contributed by atoms with van der Waals surface area (Å²) in [5.41, 5.74) is -0.375. The van der Waals surface area contributed by atoms with Gasteiger partial charge in [-0.25, -0.2) is 4.39 Å². The van der Waals surface area contributed by atoms with E-state index in [9.17, 15) is 17.6 Å². The van der Waals surface area contributed by atoms with E-state index in [0.717, 1.165) is 31.5 Å². The molecule has 0 aromatic heterocycles. The topological polar surface area (TPSA) is 12.0 Å². The maximum absolute atomic E-state index is 13.2. The molecule has 1 aromatic carbocycles. The third kappa shape index (κ3) is 3.95. The highest BCUT2D eigenvalue weighted by Crippen LogP contribution is 2.36. The van der Waals surface area contributed by atoms with Crippen LogP contribution in [-0.2, 0) is 12.7 Å². The van der Waals surface area contributed by atoms with Gasteiger partial charge in [0.1, 0.15) is 5.82 Å². The molecule has 0 saturated heterocycles. The molecule has 0 aliphatic heterocycles. The van der Waals surface area contributed by atoms with Crippen molar-refractivity contribution in [2.24, 2.45) is 5.41 Å². The van der Waals surface area contributed by atoms with Gasteiger partial charge in [-0.3, -0.25) is 0 Å². The second-order valence-corrected chi connectivity index (χ2v) is 5.97. The van der Waals surface area contributed by atoms with Gasteiger partial charge in [-0.1, -0.05) is 19.8 Å². The SMILES string of the molecule is CC1(CNCc2cc(F)cc(C(F)(F)F)c2)CCCC1. The van der Waals surface area contributed by atoms with E-state index < -0.39 is 17.6 Å². The van der Waals surface area contributed by atoms with Gasteiger partial charge in [0, 0.05) is 13.1 Å². The number of benzene rings is 1. The van der Waals surface area contributed by atoms with Gasteiger partial charge in [0.2, 0.25) is 0 Å². The predicted molar refractivity (Wildman–Crippen MR) is 69.7 cm³/mol. The Bertz CT molecular complexity index is 461. The fraction of sp³-hybridized carbons (Fsp3) is 0.600. The van der Waals surface area contributed by atoms with Crippen LogP contribution in [0, 0.1) is 11.2 Å². The van der Waals surface area contributed by atoms with Gasteiger partial charge in [-0.2, -0.15) is 13.2 Å². The highest BCUT2D eigenvalue weighted by atomic mass is 19.4. The third-order valence-corrected chi connectivity index (χ3v) is 3.98. The molecule has 0 spiro atoms. The van der Waals surface area contributed by atoms with Gasteiger partial charge < -0.3 is 5.32 Å². The van der Waals surface area contributed by atoms with Crippen LogP contribution in [0.1, 0.15) is 43.7 Å². The zero-order valence-electron chi connectivity index (χ0n) is 11.5. The summed E-state index contributed by atoms with van der Waals surface area (Å²) >= 11 is 0. The van der Waals surface area contributed by atoms with E-state index in [0.29, 0.717) is 11.6 Å². The van der Waals surface area contributed by atoms with Crippen LogP contribution in [0.5, 0.6) is 0 Å². The third-order valence-electron chi connectivity index (χ3n) is 3.98. The van der Waals surface area contributed by atoms with E-state index in [1.807, 2.05) is 0 Å². The molecule has 20 heavy (non-hydrogen) atoms. The van der Waals surface area contributed by atoms with Crippen LogP contribution < -0.4 is 5.32 Å². The summed E-state index contributed by atoms with van der Waals surface area (Å²) in [6.07, 6.45) is 0.176. The van der Waals surface area contributed by atoms with Crippen molar-refractivity contribution in [1.82, 2.24) is 5.32 Å². The molecule has 112 valence electrons. The lowest BCUT2D eigenvalue weighted by molar-refractivity contribution is -0.137. The zero-order valence-corrected chi connectivity index (χ0v) is 11.5. The summed E-state index contributed by atoms with van der Waals surface area (Å²) in [4.78, 5) is 0. The van der Waals surface area contributed by atoms with Crippen molar-refractivity contribution in [3.8, 4) is 0 Å². The predicted octanol–water partition coefficient (Wildman–Crippen LogP) is 4.51. The Morgan fingerprint density at radius 1 is 1.15 bits per heavy atom. The summed E-state index contributed by atoms with van der Waals surface area (Å²) in [7, 11) is 0. The molecule has 0 amide bonds. The van der Waals surface area contributed by atoms with Gasteiger partial charge in [-0.15, -0.1) is 0 Å². The molecule has 0 radical (unpaired) electrons. The lowest BCUT2D eigenvalue weighted by Gasteiger charge is -2.24. The van der Waals surface area contributed by atoms with Crippen LogP contribution in [0.3, 0.4) is 0 Å². The Morgan fingerprint density at radius 2 is 1.80 bits per heavy atom. The Morgan fingerprint density at radius 3 is 2.40 bits per heavy atom. The first kappa shape index (κ1) is 15.3. The lowest BCUT2D eigenvalue weighted by Crippen LogP contribution is -2.29. The molecular weight excluding hydrogens is 270 g/mol. The number of alkyl halides is 3. The van der Waals surface area contributed by atoms with Crippen LogP contribution in [-0.4, -0.2) is 6.54 Å². The van der Waals surface area contributed by atoms with E-state index in [2.05, 4.69) is 12.2 Å². The minimum absolute atomic E-state index is 0.222. The number of hydrogen-bond donors (Lipinski definition) is 1. The van der Waals surface area contributed by atoms with E-state index >= 15 is 0 Å². The van der Waals surface area contributed by atoms with Crippen LogP contribution in [0.4, 0.5) is 17.6 Å². The highest BCUT2D eigenvalue weighted by Gasteiger charge is 2.31. The molecule has 0 unspecified atom stereocenters. The molecule has 1 aliphatic rings. The van der Waals surface area contributed by atoms with Crippen molar-refractivity contribution in [1.29, 1.82) is 0 Å². The van der Waals surface area contributed by atoms with Crippen molar-refractivity contribution < 1.29 is 17.6 Å². The lowest BCUT2D eigenvalue weighted by atomic mass is 9.89. The number of hydrogen-bond acceptors (Lipinski definition) is 1. The molecule has 1 aromatic rings. The van der Waals surface area contributed by atoms with E-state index in [1.54, 1.807) is 0 Å². The first-order chi connectivity index (χ1) is 9.28. The van der Waals surface area contributed by atoms with E-state index in [1.165, 1.54) is 12.8 Å². The normalized spacial score (nSPS) is 18.4. The Kier molecular flexibility index (Phi) is 4.37. The average Bonchev–Trinajstić information content (AvgIpc) is 2.74. The average molecular weight is 289 g/mol. The minimum atomic E-state index is -4.51. The molecule has 1 fully saturated rings. The monoisotopic (exact) mass is 289 g/mol. The number of nitrogens with one attached hydrogen (secondary N) is 1. The molecule has 1 N–H and O–H groups in total. The number of rotatable bonds is 4. The standard InChI is InChI=1S/C15H19F4N/c1-14(4-2-3-5-14)10-20-9-11-6-12(15(17,18)19)8-13(16)7-11/h6-8,20H,2-5,9-10H2,1H3. The van der Waals surface area contributed by atoms with Crippen molar-refractivity contribution in [3.05, 3.63) is 35.1 Å². The largest absolute Gasteiger partial charge is 0.416 e. The molecular formula is C15H19F4N. The molecule has 5 heteroatoms. The smallest absolute Gasteiger partial charge is 0.312 e. The summed E-state index contributed by atoms with van der Waals surface area (Å²) in [6, 6.07) is 2.69. The second kappa shape index (κ2) is 5.72. The quantitative estimate of drug-likeness (QED) is 0.804. The summed E-state index contributed by atoms with van der Waals surface area (Å²) < 4.78 is 51.0. The number of halogens is 4. The van der Waals surface area contributed by atoms with Gasteiger partial charge in [0.25, 0.3) is 0 Å². The summed E-state index contributed by atoms with van der Waals surface area (Å²) in [6.45, 7) is 3.20. The first-order valence-corrected chi connectivity index (χ1v) is 6.86. The Hall–Kier alpha value is -1.10. The van der Waals surface area contributed by atoms with Crippen LogP contribution in [0.15, 0.2) is 18.2 Å². The first-order valence-electron chi connectivity index (χ1n) is 6.86. The summed E-state index contributed by atoms with van der Waals surface area (Å²) in [5, 5.41) is 3.16. The second-order valence-electron chi connectivity index (χ2n) is 5.97. The van der Waals surface area contributed by atoms with Crippen molar-refractivity contribution in [2.45, 2.75) is 45.3 Å². The maximum Gasteiger partial charge on any atom is 0.416 e. The Balaban J connectivity index is 1.97. The molecule has 1 aliphatic carbocycles. The highest BCUT2D eigenvalue weighted by molar-refractivity contribution is 5.26. The van der Waals surface area contributed by atoms with Gasteiger partial charge in [0.05, 0.1) is 5.56 Å².